The molecular formula is C11H16O. The standard InChI is InChI=1S/C11H16O/c1-12-8-11-9-6-4-2-3-5-7-10(9)11/h9-11H,4-8H2,1H3. The molecule has 1 fully saturated rings. The van der Waals surface area contributed by atoms with E-state index in [1.165, 1.54) is 12.8 Å². The molecule has 1 saturated carbocycles. The van der Waals surface area contributed by atoms with Crippen LogP contribution < -0.4 is 0 Å². The molecule has 2 aliphatic carbocycles. The Kier molecular flexibility index (Phi) is 2.37. The monoisotopic (exact) mass is 164 g/mol. The Bertz CT molecular complexity index is 193. The predicted octanol–water partition coefficient (Wildman–Crippen LogP) is 2.07. The molecule has 2 aliphatic rings. The smallest absolute Gasteiger partial charge is 0.0496 e. The first kappa shape index (κ1) is 8.13. The van der Waals surface area contributed by atoms with E-state index in [4.69, 9.17) is 4.74 Å². The maximum Gasteiger partial charge on any atom is 0.0496 e. The molecule has 12 heavy (non-hydrogen) atoms. The first-order valence-corrected chi connectivity index (χ1v) is 4.88. The van der Waals surface area contributed by atoms with Crippen molar-refractivity contribution in [1.82, 2.24) is 0 Å². The quantitative estimate of drug-likeness (QED) is 0.568. The van der Waals surface area contributed by atoms with Crippen LogP contribution in [0.4, 0.5) is 0 Å². The molecule has 0 aromatic rings. The number of methoxy groups -OCH3 is 1. The average Bonchev–Trinajstić information content (AvgIpc) is 2.61. The van der Waals surface area contributed by atoms with E-state index in [1.807, 2.05) is 7.11 Å². The van der Waals surface area contributed by atoms with Gasteiger partial charge in [0.2, 0.25) is 0 Å². The largest absolute Gasteiger partial charge is 0.384 e. The number of rotatable bonds is 2. The number of fused-ring (bicyclic) bond motifs is 1. The Morgan fingerprint density at radius 3 is 2.25 bits per heavy atom. The molecule has 66 valence electrons. The zero-order valence-corrected chi connectivity index (χ0v) is 7.68. The van der Waals surface area contributed by atoms with Gasteiger partial charge in [-0.05, 0) is 30.6 Å². The minimum atomic E-state index is 0.858. The molecule has 1 nitrogen and oxygen atoms in total. The van der Waals surface area contributed by atoms with Crippen LogP contribution in [-0.4, -0.2) is 13.7 Å². The lowest BCUT2D eigenvalue weighted by atomic mass is 10.1. The van der Waals surface area contributed by atoms with Crippen molar-refractivity contribution >= 4 is 0 Å². The van der Waals surface area contributed by atoms with E-state index in [9.17, 15) is 0 Å². The average molecular weight is 164 g/mol. The molecule has 0 heterocycles. The lowest BCUT2D eigenvalue weighted by Crippen LogP contribution is -1.93. The maximum absolute atomic E-state index is 5.20. The number of hydrogen-bond acceptors (Lipinski definition) is 1. The molecule has 0 N–H and O–H groups in total. The summed E-state index contributed by atoms with van der Waals surface area (Å²) in [5.41, 5.74) is 0. The zero-order chi connectivity index (χ0) is 8.39. The number of hydrogen-bond donors (Lipinski definition) is 0. The van der Waals surface area contributed by atoms with Crippen molar-refractivity contribution in [3.63, 3.8) is 0 Å². The second-order valence-electron chi connectivity index (χ2n) is 3.88. The Morgan fingerprint density at radius 2 is 1.75 bits per heavy atom. The van der Waals surface area contributed by atoms with Crippen LogP contribution in [0, 0.1) is 29.6 Å². The second-order valence-corrected chi connectivity index (χ2v) is 3.88. The maximum atomic E-state index is 5.20. The van der Waals surface area contributed by atoms with Gasteiger partial charge in [-0.25, -0.2) is 0 Å². The van der Waals surface area contributed by atoms with Gasteiger partial charge >= 0.3 is 0 Å². The summed E-state index contributed by atoms with van der Waals surface area (Å²) in [5.74, 6) is 9.18. The molecule has 2 unspecified atom stereocenters. The van der Waals surface area contributed by atoms with Crippen molar-refractivity contribution in [3.8, 4) is 11.8 Å². The first-order chi connectivity index (χ1) is 5.93. The fraction of sp³-hybridized carbons (Fsp3) is 0.818. The highest BCUT2D eigenvalue weighted by Gasteiger charge is 2.48. The van der Waals surface area contributed by atoms with Gasteiger partial charge in [0.1, 0.15) is 0 Å². The van der Waals surface area contributed by atoms with Crippen LogP contribution in [0.3, 0.4) is 0 Å². The van der Waals surface area contributed by atoms with Crippen LogP contribution in [-0.2, 0) is 4.74 Å². The molecule has 0 spiro atoms. The highest BCUT2D eigenvalue weighted by Crippen LogP contribution is 2.52. The Balaban J connectivity index is 1.87. The summed E-state index contributed by atoms with van der Waals surface area (Å²) in [4.78, 5) is 0. The zero-order valence-electron chi connectivity index (χ0n) is 7.68. The molecule has 0 saturated heterocycles. The molecular weight excluding hydrogens is 148 g/mol. The normalized spacial score (nSPS) is 38.6. The van der Waals surface area contributed by atoms with Crippen molar-refractivity contribution < 1.29 is 4.74 Å². The van der Waals surface area contributed by atoms with Gasteiger partial charge in [0.25, 0.3) is 0 Å². The summed E-state index contributed by atoms with van der Waals surface area (Å²) < 4.78 is 5.20. The van der Waals surface area contributed by atoms with Crippen molar-refractivity contribution in [1.29, 1.82) is 0 Å². The van der Waals surface area contributed by atoms with Gasteiger partial charge in [-0.3, -0.25) is 0 Å². The van der Waals surface area contributed by atoms with E-state index in [0.717, 1.165) is 37.2 Å². The van der Waals surface area contributed by atoms with Crippen LogP contribution in [0.5, 0.6) is 0 Å². The minimum absolute atomic E-state index is 0.858. The molecule has 0 aliphatic heterocycles. The van der Waals surface area contributed by atoms with Crippen molar-refractivity contribution in [2.75, 3.05) is 13.7 Å². The lowest BCUT2D eigenvalue weighted by Gasteiger charge is -1.96. The van der Waals surface area contributed by atoms with E-state index in [1.54, 1.807) is 0 Å². The molecule has 0 bridgehead atoms. The second kappa shape index (κ2) is 3.49. The van der Waals surface area contributed by atoms with Gasteiger partial charge < -0.3 is 4.74 Å². The van der Waals surface area contributed by atoms with E-state index in [-0.39, 0.29) is 0 Å². The van der Waals surface area contributed by atoms with Gasteiger partial charge in [-0.2, -0.15) is 0 Å². The van der Waals surface area contributed by atoms with E-state index < -0.39 is 0 Å². The minimum Gasteiger partial charge on any atom is -0.384 e. The molecule has 0 aromatic heterocycles. The third kappa shape index (κ3) is 1.49. The Morgan fingerprint density at radius 1 is 1.17 bits per heavy atom. The topological polar surface area (TPSA) is 9.23 Å². The molecule has 2 atom stereocenters. The van der Waals surface area contributed by atoms with Gasteiger partial charge in [0.05, 0.1) is 0 Å². The van der Waals surface area contributed by atoms with E-state index in [0.29, 0.717) is 0 Å². The SMILES string of the molecule is COCC1C2CCC#CCCC21. The van der Waals surface area contributed by atoms with Crippen LogP contribution >= 0.6 is 0 Å². The first-order valence-electron chi connectivity index (χ1n) is 4.88. The van der Waals surface area contributed by atoms with Crippen molar-refractivity contribution in [3.05, 3.63) is 0 Å². The van der Waals surface area contributed by atoms with E-state index >= 15 is 0 Å². The Labute approximate surface area is 74.5 Å². The van der Waals surface area contributed by atoms with Crippen molar-refractivity contribution in [2.24, 2.45) is 17.8 Å². The summed E-state index contributed by atoms with van der Waals surface area (Å²) >= 11 is 0. The summed E-state index contributed by atoms with van der Waals surface area (Å²) in [7, 11) is 1.81. The summed E-state index contributed by atoms with van der Waals surface area (Å²) in [5, 5.41) is 0. The van der Waals surface area contributed by atoms with Crippen LogP contribution in [0.1, 0.15) is 25.7 Å². The van der Waals surface area contributed by atoms with Crippen molar-refractivity contribution in [2.45, 2.75) is 25.7 Å². The summed E-state index contributed by atoms with van der Waals surface area (Å²) in [6, 6.07) is 0. The molecule has 0 amide bonds. The van der Waals surface area contributed by atoms with Gasteiger partial charge in [0.15, 0.2) is 0 Å². The molecule has 0 aromatic carbocycles. The van der Waals surface area contributed by atoms with Gasteiger partial charge in [-0.15, -0.1) is 11.8 Å². The van der Waals surface area contributed by atoms with Gasteiger partial charge in [0, 0.05) is 26.6 Å². The predicted molar refractivity (Wildman–Crippen MR) is 48.6 cm³/mol. The number of ether oxygens (including phenoxy) is 1. The molecule has 1 heteroatoms. The van der Waals surface area contributed by atoms with Crippen LogP contribution in [0.2, 0.25) is 0 Å². The Hall–Kier alpha value is -0.480. The van der Waals surface area contributed by atoms with Gasteiger partial charge in [-0.1, -0.05) is 0 Å². The van der Waals surface area contributed by atoms with Crippen LogP contribution in [0.25, 0.3) is 0 Å². The lowest BCUT2D eigenvalue weighted by molar-refractivity contribution is 0.177. The highest BCUT2D eigenvalue weighted by atomic mass is 16.5. The fourth-order valence-corrected chi connectivity index (χ4v) is 2.47. The van der Waals surface area contributed by atoms with Crippen LogP contribution in [0.15, 0.2) is 0 Å². The molecule has 2 rings (SSSR count). The van der Waals surface area contributed by atoms with E-state index in [2.05, 4.69) is 11.8 Å². The fourth-order valence-electron chi connectivity index (χ4n) is 2.47. The molecule has 0 radical (unpaired) electrons. The summed E-state index contributed by atoms with van der Waals surface area (Å²) in [6.45, 7) is 0.968. The summed E-state index contributed by atoms with van der Waals surface area (Å²) in [6.07, 6.45) is 4.85. The third-order valence-corrected chi connectivity index (χ3v) is 3.20. The highest BCUT2D eigenvalue weighted by molar-refractivity contribution is 5.07. The third-order valence-electron chi connectivity index (χ3n) is 3.20.